The van der Waals surface area contributed by atoms with Crippen molar-refractivity contribution < 1.29 is 23.7 Å². The minimum Gasteiger partial charge on any atom is -0.353 e. The summed E-state index contributed by atoms with van der Waals surface area (Å²) < 4.78 is 22.4. The van der Waals surface area contributed by atoms with Crippen LogP contribution in [0.2, 0.25) is 0 Å². The van der Waals surface area contributed by atoms with Crippen molar-refractivity contribution in [3.8, 4) is 0 Å². The number of Topliss-reactive ketones (excluding diaryl/α,β-unsaturated/α-hetero) is 1. The maximum Gasteiger partial charge on any atom is 0.187 e. The maximum atomic E-state index is 11.8. The second-order valence-corrected chi connectivity index (χ2v) is 5.06. The Morgan fingerprint density at radius 2 is 2.06 bits per heavy atom. The van der Waals surface area contributed by atoms with Gasteiger partial charge in [0, 0.05) is 13.5 Å². The molecule has 2 heterocycles. The van der Waals surface area contributed by atoms with E-state index in [4.69, 9.17) is 18.9 Å². The van der Waals surface area contributed by atoms with Gasteiger partial charge >= 0.3 is 0 Å². The second kappa shape index (κ2) is 3.04. The van der Waals surface area contributed by atoms with Crippen molar-refractivity contribution in [2.45, 2.75) is 56.6 Å². The first-order chi connectivity index (χ1) is 7.48. The third-order valence-corrected chi connectivity index (χ3v) is 3.61. The Bertz CT molecular complexity index is 339. The lowest BCUT2D eigenvalue weighted by Gasteiger charge is -2.39. The molecule has 0 aromatic heterocycles. The molecule has 1 aliphatic carbocycles. The van der Waals surface area contributed by atoms with Gasteiger partial charge in [-0.1, -0.05) is 0 Å². The number of hydrogen-bond donors (Lipinski definition) is 0. The fourth-order valence-electron chi connectivity index (χ4n) is 2.77. The van der Waals surface area contributed by atoms with Crippen molar-refractivity contribution in [2.75, 3.05) is 7.11 Å². The molecule has 3 aliphatic rings. The van der Waals surface area contributed by atoms with Crippen LogP contribution in [0.4, 0.5) is 0 Å². The standard InChI is InChI=1S/C11H16O5/c1-10(2)14-7-8(15-10)11(5-4-6(11)12)16-9(7)13-3/h7-9H,4-5H2,1-3H3/t7-,8+,9?,11-/m0/s1. The number of carbonyl (C=O) groups is 1. The predicted octanol–water partition coefficient (Wildman–Crippen LogP) is 0.611. The van der Waals surface area contributed by atoms with Gasteiger partial charge in [-0.3, -0.25) is 4.79 Å². The van der Waals surface area contributed by atoms with Crippen molar-refractivity contribution >= 4 is 5.78 Å². The summed E-state index contributed by atoms with van der Waals surface area (Å²) in [6, 6.07) is 0. The van der Waals surface area contributed by atoms with E-state index in [0.29, 0.717) is 12.8 Å². The van der Waals surface area contributed by atoms with Crippen LogP contribution in [0, 0.1) is 0 Å². The van der Waals surface area contributed by atoms with E-state index in [0.717, 1.165) is 0 Å². The summed E-state index contributed by atoms with van der Waals surface area (Å²) in [5.41, 5.74) is -0.806. The Morgan fingerprint density at radius 1 is 1.31 bits per heavy atom. The Balaban J connectivity index is 1.92. The van der Waals surface area contributed by atoms with Crippen molar-refractivity contribution in [1.29, 1.82) is 0 Å². The molecule has 16 heavy (non-hydrogen) atoms. The topological polar surface area (TPSA) is 54.0 Å². The Morgan fingerprint density at radius 3 is 2.56 bits per heavy atom. The van der Waals surface area contributed by atoms with Crippen LogP contribution in [0.5, 0.6) is 0 Å². The molecule has 3 fully saturated rings. The summed E-state index contributed by atoms with van der Waals surface area (Å²) in [4.78, 5) is 11.8. The maximum absolute atomic E-state index is 11.8. The summed E-state index contributed by atoms with van der Waals surface area (Å²) in [5, 5.41) is 0. The number of fused-ring (bicyclic) bond motifs is 2. The van der Waals surface area contributed by atoms with E-state index in [9.17, 15) is 4.79 Å². The lowest BCUT2D eigenvalue weighted by atomic mass is 9.74. The fourth-order valence-corrected chi connectivity index (χ4v) is 2.77. The lowest BCUT2D eigenvalue weighted by molar-refractivity contribution is -0.254. The summed E-state index contributed by atoms with van der Waals surface area (Å²) >= 11 is 0. The van der Waals surface area contributed by atoms with Gasteiger partial charge in [0.25, 0.3) is 0 Å². The Kier molecular flexibility index (Phi) is 2.02. The lowest BCUT2D eigenvalue weighted by Crippen LogP contribution is -2.56. The molecule has 4 atom stereocenters. The number of ether oxygens (including phenoxy) is 4. The van der Waals surface area contributed by atoms with E-state index >= 15 is 0 Å². The van der Waals surface area contributed by atoms with Crippen molar-refractivity contribution in [1.82, 2.24) is 0 Å². The van der Waals surface area contributed by atoms with Crippen LogP contribution in [0.15, 0.2) is 0 Å². The SMILES string of the molecule is COC1O[C@]2(CCC2=O)[C@@H]2OC(C)(C)O[C@H]12. The molecule has 2 aliphatic heterocycles. The van der Waals surface area contributed by atoms with Crippen LogP contribution in [0.1, 0.15) is 26.7 Å². The second-order valence-electron chi connectivity index (χ2n) is 5.06. The van der Waals surface area contributed by atoms with Crippen LogP contribution in [0.3, 0.4) is 0 Å². The van der Waals surface area contributed by atoms with Gasteiger partial charge in [0.1, 0.15) is 12.2 Å². The van der Waals surface area contributed by atoms with Gasteiger partial charge in [-0.25, -0.2) is 0 Å². The molecular weight excluding hydrogens is 212 g/mol. The number of rotatable bonds is 1. The highest BCUT2D eigenvalue weighted by molar-refractivity contribution is 5.94. The van der Waals surface area contributed by atoms with E-state index in [1.165, 1.54) is 0 Å². The molecule has 1 saturated carbocycles. The van der Waals surface area contributed by atoms with Crippen molar-refractivity contribution in [3.63, 3.8) is 0 Å². The van der Waals surface area contributed by atoms with Gasteiger partial charge < -0.3 is 18.9 Å². The molecule has 2 saturated heterocycles. The quantitative estimate of drug-likeness (QED) is 0.658. The first-order valence-corrected chi connectivity index (χ1v) is 5.58. The average molecular weight is 228 g/mol. The molecule has 0 bridgehead atoms. The average Bonchev–Trinajstić information content (AvgIpc) is 2.68. The molecule has 90 valence electrons. The highest BCUT2D eigenvalue weighted by Gasteiger charge is 2.69. The Hall–Kier alpha value is -0.490. The summed E-state index contributed by atoms with van der Waals surface area (Å²) in [5.74, 6) is -0.568. The third-order valence-electron chi connectivity index (χ3n) is 3.61. The molecule has 1 spiro atoms. The van der Waals surface area contributed by atoms with Crippen molar-refractivity contribution in [3.05, 3.63) is 0 Å². The number of hydrogen-bond acceptors (Lipinski definition) is 5. The molecule has 0 N–H and O–H groups in total. The van der Waals surface area contributed by atoms with Crippen molar-refractivity contribution in [2.24, 2.45) is 0 Å². The Labute approximate surface area is 94.0 Å². The summed E-state index contributed by atoms with van der Waals surface area (Å²) in [6.07, 6.45) is 0.129. The third kappa shape index (κ3) is 1.17. The van der Waals surface area contributed by atoms with E-state index in [-0.39, 0.29) is 18.0 Å². The first-order valence-electron chi connectivity index (χ1n) is 5.58. The molecule has 0 radical (unpaired) electrons. The number of ketones is 1. The zero-order valence-electron chi connectivity index (χ0n) is 9.69. The summed E-state index contributed by atoms with van der Waals surface area (Å²) in [6.45, 7) is 3.68. The van der Waals surface area contributed by atoms with E-state index < -0.39 is 17.7 Å². The predicted molar refractivity (Wildman–Crippen MR) is 52.7 cm³/mol. The monoisotopic (exact) mass is 228 g/mol. The number of carbonyl (C=O) groups excluding carboxylic acids is 1. The molecule has 0 amide bonds. The molecule has 1 unspecified atom stereocenters. The first kappa shape index (κ1) is 10.7. The molecule has 0 aromatic carbocycles. The largest absolute Gasteiger partial charge is 0.353 e. The molecule has 3 rings (SSSR count). The van der Waals surface area contributed by atoms with Crippen LogP contribution in [-0.2, 0) is 23.7 Å². The van der Waals surface area contributed by atoms with E-state index in [1.54, 1.807) is 7.11 Å². The minimum atomic E-state index is -0.806. The molecular formula is C11H16O5. The minimum absolute atomic E-state index is 0.100. The van der Waals surface area contributed by atoms with E-state index in [2.05, 4.69) is 0 Å². The molecule has 5 heteroatoms. The highest BCUT2D eigenvalue weighted by Crippen LogP contribution is 2.51. The normalized spacial score (nSPS) is 49.4. The molecule has 5 nitrogen and oxygen atoms in total. The van der Waals surface area contributed by atoms with Gasteiger partial charge in [0.15, 0.2) is 23.5 Å². The van der Waals surface area contributed by atoms with E-state index in [1.807, 2.05) is 13.8 Å². The fraction of sp³-hybridized carbons (Fsp3) is 0.909. The van der Waals surface area contributed by atoms with Crippen LogP contribution < -0.4 is 0 Å². The van der Waals surface area contributed by atoms with Crippen LogP contribution in [0.25, 0.3) is 0 Å². The number of methoxy groups -OCH3 is 1. The van der Waals surface area contributed by atoms with Gasteiger partial charge in [0.05, 0.1) is 0 Å². The smallest absolute Gasteiger partial charge is 0.187 e. The van der Waals surface area contributed by atoms with Gasteiger partial charge in [0.2, 0.25) is 0 Å². The van der Waals surface area contributed by atoms with Gasteiger partial charge in [-0.15, -0.1) is 0 Å². The van der Waals surface area contributed by atoms with Crippen LogP contribution >= 0.6 is 0 Å². The van der Waals surface area contributed by atoms with Crippen LogP contribution in [-0.4, -0.2) is 42.8 Å². The zero-order valence-corrected chi connectivity index (χ0v) is 9.69. The summed E-state index contributed by atoms with van der Waals surface area (Å²) in [7, 11) is 1.55. The molecule has 0 aromatic rings. The van der Waals surface area contributed by atoms with Gasteiger partial charge in [-0.2, -0.15) is 0 Å². The highest BCUT2D eigenvalue weighted by atomic mass is 16.8. The zero-order chi connectivity index (χ0) is 11.6. The van der Waals surface area contributed by atoms with Gasteiger partial charge in [-0.05, 0) is 20.3 Å².